The molecule has 4 aromatic carbocycles. The van der Waals surface area contributed by atoms with Gasteiger partial charge in [-0.3, -0.25) is 9.10 Å². The Labute approximate surface area is 197 Å². The third kappa shape index (κ3) is 5.35. The van der Waals surface area contributed by atoms with Gasteiger partial charge in [0.2, 0.25) is 5.91 Å². The van der Waals surface area contributed by atoms with Crippen molar-refractivity contribution in [3.8, 4) is 5.75 Å². The minimum Gasteiger partial charge on any atom is -0.491 e. The second-order valence-corrected chi connectivity index (χ2v) is 9.34. The van der Waals surface area contributed by atoms with E-state index in [0.717, 1.165) is 27.2 Å². The zero-order chi connectivity index (χ0) is 24.0. The van der Waals surface area contributed by atoms with E-state index in [0.29, 0.717) is 5.75 Å². The second kappa shape index (κ2) is 10.4. The first-order chi connectivity index (χ1) is 16.4. The van der Waals surface area contributed by atoms with E-state index in [1.807, 2.05) is 42.5 Å². The lowest BCUT2D eigenvalue weighted by Crippen LogP contribution is -2.41. The lowest BCUT2D eigenvalue weighted by molar-refractivity contribution is -0.119. The molecule has 1 amide bonds. The van der Waals surface area contributed by atoms with E-state index in [9.17, 15) is 17.6 Å². The average molecular weight is 479 g/mol. The highest BCUT2D eigenvalue weighted by molar-refractivity contribution is 7.92. The lowest BCUT2D eigenvalue weighted by Gasteiger charge is -2.24. The summed E-state index contributed by atoms with van der Waals surface area (Å²) in [6, 6.07) is 26.3. The van der Waals surface area contributed by atoms with Crippen molar-refractivity contribution in [2.45, 2.75) is 4.90 Å². The van der Waals surface area contributed by atoms with E-state index in [1.54, 1.807) is 18.2 Å². The molecular weight excluding hydrogens is 455 g/mol. The number of fused-ring (bicyclic) bond motifs is 1. The smallest absolute Gasteiger partial charge is 0.264 e. The normalized spacial score (nSPS) is 11.2. The molecule has 0 bridgehead atoms. The molecule has 174 valence electrons. The Morgan fingerprint density at radius 3 is 2.29 bits per heavy atom. The van der Waals surface area contributed by atoms with Gasteiger partial charge in [-0.15, -0.1) is 0 Å². The maximum atomic E-state index is 13.4. The van der Waals surface area contributed by atoms with E-state index < -0.39 is 28.3 Å². The molecule has 0 aliphatic carbocycles. The molecule has 0 aliphatic heterocycles. The van der Waals surface area contributed by atoms with Gasteiger partial charge in [-0.05, 0) is 47.9 Å². The number of carbonyl (C=O) groups excluding carboxylic acids is 1. The van der Waals surface area contributed by atoms with E-state index >= 15 is 0 Å². The molecule has 0 spiro atoms. The summed E-state index contributed by atoms with van der Waals surface area (Å²) in [5.74, 6) is -0.312. The van der Waals surface area contributed by atoms with Gasteiger partial charge in [0.1, 0.15) is 24.7 Å². The van der Waals surface area contributed by atoms with E-state index in [2.05, 4.69) is 5.32 Å². The highest BCUT2D eigenvalue weighted by Crippen LogP contribution is 2.25. The SMILES string of the molecule is O=C(CN(c1ccc(F)cc1)S(=O)(=O)c1ccccc1)NCCOc1cccc2ccccc12. The number of sulfonamides is 1. The van der Waals surface area contributed by atoms with Crippen molar-refractivity contribution < 1.29 is 22.3 Å². The first-order valence-electron chi connectivity index (χ1n) is 10.7. The molecule has 0 saturated heterocycles. The predicted octanol–water partition coefficient (Wildman–Crippen LogP) is 4.37. The number of hydrogen-bond acceptors (Lipinski definition) is 4. The van der Waals surface area contributed by atoms with Gasteiger partial charge in [0.05, 0.1) is 17.1 Å². The van der Waals surface area contributed by atoms with Crippen LogP contribution in [-0.2, 0) is 14.8 Å². The first kappa shape index (κ1) is 23.3. The molecule has 0 aliphatic rings. The molecule has 4 aromatic rings. The fourth-order valence-electron chi connectivity index (χ4n) is 3.50. The summed E-state index contributed by atoms with van der Waals surface area (Å²) < 4.78 is 46.6. The maximum Gasteiger partial charge on any atom is 0.264 e. The lowest BCUT2D eigenvalue weighted by atomic mass is 10.1. The van der Waals surface area contributed by atoms with Crippen LogP contribution in [-0.4, -0.2) is 34.0 Å². The van der Waals surface area contributed by atoms with Crippen molar-refractivity contribution in [1.29, 1.82) is 0 Å². The van der Waals surface area contributed by atoms with Crippen LogP contribution in [0.15, 0.2) is 102 Å². The van der Waals surface area contributed by atoms with Crippen LogP contribution in [0.1, 0.15) is 0 Å². The first-order valence-corrected chi connectivity index (χ1v) is 12.1. The van der Waals surface area contributed by atoms with Gasteiger partial charge < -0.3 is 10.1 Å². The monoisotopic (exact) mass is 478 g/mol. The Morgan fingerprint density at radius 1 is 0.853 bits per heavy atom. The van der Waals surface area contributed by atoms with Crippen molar-refractivity contribution in [2.75, 3.05) is 24.0 Å². The topological polar surface area (TPSA) is 75.7 Å². The summed E-state index contributed by atoms with van der Waals surface area (Å²) in [6.45, 7) is -0.0659. The molecule has 0 unspecified atom stereocenters. The Hall–Kier alpha value is -3.91. The molecule has 0 atom stereocenters. The van der Waals surface area contributed by atoms with Crippen LogP contribution in [0, 0.1) is 5.82 Å². The fraction of sp³-hybridized carbons (Fsp3) is 0.115. The van der Waals surface area contributed by atoms with Crippen molar-refractivity contribution in [2.24, 2.45) is 0 Å². The summed E-state index contributed by atoms with van der Waals surface area (Å²) in [7, 11) is -4.04. The van der Waals surface area contributed by atoms with Crippen LogP contribution in [0.25, 0.3) is 10.8 Å². The molecular formula is C26H23FN2O4S. The van der Waals surface area contributed by atoms with E-state index in [1.165, 1.54) is 24.3 Å². The van der Waals surface area contributed by atoms with Crippen molar-refractivity contribution in [1.82, 2.24) is 5.32 Å². The molecule has 0 saturated carbocycles. The molecule has 8 heteroatoms. The quantitative estimate of drug-likeness (QED) is 0.363. The van der Waals surface area contributed by atoms with Crippen LogP contribution >= 0.6 is 0 Å². The maximum absolute atomic E-state index is 13.4. The highest BCUT2D eigenvalue weighted by atomic mass is 32.2. The third-order valence-electron chi connectivity index (χ3n) is 5.16. The van der Waals surface area contributed by atoms with Crippen LogP contribution in [0.3, 0.4) is 0 Å². The van der Waals surface area contributed by atoms with E-state index in [-0.39, 0.29) is 23.7 Å². The number of benzene rings is 4. The van der Waals surface area contributed by atoms with Crippen molar-refractivity contribution in [3.63, 3.8) is 0 Å². The summed E-state index contributed by atoms with van der Waals surface area (Å²) in [5, 5.41) is 4.70. The van der Waals surface area contributed by atoms with Crippen molar-refractivity contribution in [3.05, 3.63) is 103 Å². The number of nitrogens with one attached hydrogen (secondary N) is 1. The zero-order valence-electron chi connectivity index (χ0n) is 18.2. The zero-order valence-corrected chi connectivity index (χ0v) is 19.0. The highest BCUT2D eigenvalue weighted by Gasteiger charge is 2.27. The molecule has 0 aromatic heterocycles. The number of amides is 1. The number of rotatable bonds is 9. The van der Waals surface area contributed by atoms with Gasteiger partial charge in [-0.2, -0.15) is 0 Å². The Morgan fingerprint density at radius 2 is 1.53 bits per heavy atom. The van der Waals surface area contributed by atoms with Crippen molar-refractivity contribution >= 4 is 32.4 Å². The number of carbonyl (C=O) groups is 1. The Bertz CT molecular complexity index is 1370. The Balaban J connectivity index is 1.43. The minimum atomic E-state index is -4.04. The largest absolute Gasteiger partial charge is 0.491 e. The van der Waals surface area contributed by atoms with Crippen LogP contribution in [0.4, 0.5) is 10.1 Å². The van der Waals surface area contributed by atoms with E-state index in [4.69, 9.17) is 4.74 Å². The summed E-state index contributed by atoms with van der Waals surface area (Å²) in [5.41, 5.74) is 0.187. The van der Waals surface area contributed by atoms with Crippen LogP contribution < -0.4 is 14.4 Å². The number of anilines is 1. The summed E-state index contributed by atoms with van der Waals surface area (Å²) in [6.07, 6.45) is 0. The third-order valence-corrected chi connectivity index (χ3v) is 6.95. The summed E-state index contributed by atoms with van der Waals surface area (Å²) >= 11 is 0. The molecule has 0 fully saturated rings. The summed E-state index contributed by atoms with van der Waals surface area (Å²) in [4.78, 5) is 12.7. The van der Waals surface area contributed by atoms with Gasteiger partial charge in [-0.25, -0.2) is 12.8 Å². The molecule has 1 N–H and O–H groups in total. The van der Waals surface area contributed by atoms with Gasteiger partial charge in [-0.1, -0.05) is 54.6 Å². The molecule has 0 radical (unpaired) electrons. The van der Waals surface area contributed by atoms with Crippen LogP contribution in [0.5, 0.6) is 5.75 Å². The number of nitrogens with zero attached hydrogens (tertiary/aromatic N) is 1. The fourth-order valence-corrected chi connectivity index (χ4v) is 4.94. The molecule has 6 nitrogen and oxygen atoms in total. The van der Waals surface area contributed by atoms with Gasteiger partial charge >= 0.3 is 0 Å². The number of halogens is 1. The number of hydrogen-bond donors (Lipinski definition) is 1. The molecule has 34 heavy (non-hydrogen) atoms. The predicted molar refractivity (Wildman–Crippen MR) is 130 cm³/mol. The minimum absolute atomic E-state index is 0.0337. The van der Waals surface area contributed by atoms with Gasteiger partial charge in [0.25, 0.3) is 10.0 Å². The van der Waals surface area contributed by atoms with Gasteiger partial charge in [0.15, 0.2) is 0 Å². The van der Waals surface area contributed by atoms with Crippen LogP contribution in [0.2, 0.25) is 0 Å². The standard InChI is InChI=1S/C26H23FN2O4S/c27-21-13-15-22(16-14-21)29(34(31,32)23-9-2-1-3-10-23)19-26(30)28-17-18-33-25-12-6-8-20-7-4-5-11-24(20)25/h1-16H,17-19H2,(H,28,30). The Kier molecular flexibility index (Phi) is 7.08. The second-order valence-electron chi connectivity index (χ2n) is 7.48. The molecule has 0 heterocycles. The molecule has 4 rings (SSSR count). The average Bonchev–Trinajstić information content (AvgIpc) is 2.86. The number of ether oxygens (including phenoxy) is 1. The van der Waals surface area contributed by atoms with Gasteiger partial charge in [0, 0.05) is 5.39 Å².